The Hall–Kier alpha value is -2.82. The predicted molar refractivity (Wildman–Crippen MR) is 85.5 cm³/mol. The number of hydrogen-bond donors (Lipinski definition) is 3. The Morgan fingerprint density at radius 2 is 2.00 bits per heavy atom. The van der Waals surface area contributed by atoms with Crippen molar-refractivity contribution in [3.63, 3.8) is 0 Å². The SMILES string of the molecule is Cn1c(NC(=O)CSc2nc(N)cc(=O)[nH]2)cc(=O)n(C)c1=O. The maximum Gasteiger partial charge on any atom is 0.332 e. The van der Waals surface area contributed by atoms with E-state index in [2.05, 4.69) is 15.3 Å². The fourth-order valence-corrected chi connectivity index (χ4v) is 2.37. The second-order valence-electron chi connectivity index (χ2n) is 4.58. The fraction of sp³-hybridized carbons (Fsp3) is 0.250. The largest absolute Gasteiger partial charge is 0.383 e. The minimum Gasteiger partial charge on any atom is -0.383 e. The van der Waals surface area contributed by atoms with Crippen molar-refractivity contribution in [3.05, 3.63) is 43.3 Å². The van der Waals surface area contributed by atoms with Crippen LogP contribution in [0.15, 0.2) is 31.7 Å². The summed E-state index contributed by atoms with van der Waals surface area (Å²) in [5.41, 5.74) is 3.93. The van der Waals surface area contributed by atoms with Crippen LogP contribution in [0.3, 0.4) is 0 Å². The minimum atomic E-state index is -0.553. The molecule has 0 bridgehead atoms. The van der Waals surface area contributed by atoms with E-state index in [-0.39, 0.29) is 22.5 Å². The van der Waals surface area contributed by atoms with Gasteiger partial charge in [0, 0.05) is 26.2 Å². The number of nitrogen functional groups attached to an aromatic ring is 1. The van der Waals surface area contributed by atoms with Crippen molar-refractivity contribution in [1.82, 2.24) is 19.1 Å². The molecule has 23 heavy (non-hydrogen) atoms. The van der Waals surface area contributed by atoms with E-state index in [1.54, 1.807) is 0 Å². The number of amides is 1. The molecular formula is C12H14N6O4S. The first kappa shape index (κ1) is 16.5. The van der Waals surface area contributed by atoms with E-state index in [1.165, 1.54) is 14.1 Å². The van der Waals surface area contributed by atoms with Gasteiger partial charge in [-0.15, -0.1) is 0 Å². The van der Waals surface area contributed by atoms with E-state index in [4.69, 9.17) is 5.73 Å². The highest BCUT2D eigenvalue weighted by Gasteiger charge is 2.10. The smallest absolute Gasteiger partial charge is 0.332 e. The van der Waals surface area contributed by atoms with Crippen molar-refractivity contribution < 1.29 is 4.79 Å². The van der Waals surface area contributed by atoms with Gasteiger partial charge in [0.05, 0.1) is 5.75 Å². The molecule has 0 aliphatic rings. The van der Waals surface area contributed by atoms with Gasteiger partial charge in [-0.3, -0.25) is 23.5 Å². The summed E-state index contributed by atoms with van der Waals surface area (Å²) in [5, 5.41) is 2.65. The van der Waals surface area contributed by atoms with Gasteiger partial charge in [-0.2, -0.15) is 0 Å². The van der Waals surface area contributed by atoms with Crippen LogP contribution in [0.4, 0.5) is 11.6 Å². The van der Waals surface area contributed by atoms with Crippen LogP contribution < -0.4 is 27.9 Å². The van der Waals surface area contributed by atoms with E-state index in [1.807, 2.05) is 0 Å². The van der Waals surface area contributed by atoms with Crippen molar-refractivity contribution in [2.75, 3.05) is 16.8 Å². The third-order valence-corrected chi connectivity index (χ3v) is 3.75. The van der Waals surface area contributed by atoms with Crippen LogP contribution in [-0.2, 0) is 18.9 Å². The number of carbonyl (C=O) groups excluding carboxylic acids is 1. The van der Waals surface area contributed by atoms with E-state index >= 15 is 0 Å². The summed E-state index contributed by atoms with van der Waals surface area (Å²) < 4.78 is 2.07. The van der Waals surface area contributed by atoms with Crippen LogP contribution in [-0.4, -0.2) is 30.8 Å². The van der Waals surface area contributed by atoms with Crippen molar-refractivity contribution in [3.8, 4) is 0 Å². The van der Waals surface area contributed by atoms with Gasteiger partial charge in [0.1, 0.15) is 11.6 Å². The van der Waals surface area contributed by atoms with Gasteiger partial charge in [0.15, 0.2) is 5.16 Å². The summed E-state index contributed by atoms with van der Waals surface area (Å²) >= 11 is 0.964. The van der Waals surface area contributed by atoms with Crippen molar-refractivity contribution in [1.29, 1.82) is 0 Å². The standard InChI is InChI=1S/C12H14N6O4S/c1-17-7(4-10(21)18(2)12(17)22)15-9(20)5-23-11-14-6(13)3-8(19)16-11/h3-4H,5H2,1-2H3,(H,15,20)(H3,13,14,16,19). The zero-order valence-corrected chi connectivity index (χ0v) is 13.1. The first-order chi connectivity index (χ1) is 10.8. The summed E-state index contributed by atoms with van der Waals surface area (Å²) in [6.45, 7) is 0. The van der Waals surface area contributed by atoms with Crippen LogP contribution >= 0.6 is 11.8 Å². The van der Waals surface area contributed by atoms with Crippen LogP contribution in [0, 0.1) is 0 Å². The lowest BCUT2D eigenvalue weighted by atomic mass is 10.5. The number of aromatic amines is 1. The molecule has 0 radical (unpaired) electrons. The van der Waals surface area contributed by atoms with Crippen molar-refractivity contribution in [2.24, 2.45) is 14.1 Å². The zero-order chi connectivity index (χ0) is 17.1. The highest BCUT2D eigenvalue weighted by molar-refractivity contribution is 7.99. The molecule has 0 aliphatic carbocycles. The molecule has 2 aromatic rings. The van der Waals surface area contributed by atoms with Crippen molar-refractivity contribution >= 4 is 29.3 Å². The highest BCUT2D eigenvalue weighted by Crippen LogP contribution is 2.12. The Labute approximate surface area is 133 Å². The molecule has 0 saturated carbocycles. The normalized spacial score (nSPS) is 10.5. The monoisotopic (exact) mass is 338 g/mol. The summed E-state index contributed by atoms with van der Waals surface area (Å²) in [7, 11) is 2.77. The number of hydrogen-bond acceptors (Lipinski definition) is 7. The lowest BCUT2D eigenvalue weighted by molar-refractivity contribution is -0.113. The molecular weight excluding hydrogens is 324 g/mol. The van der Waals surface area contributed by atoms with Gasteiger partial charge in [-0.25, -0.2) is 9.78 Å². The Morgan fingerprint density at radius 1 is 1.30 bits per heavy atom. The Morgan fingerprint density at radius 3 is 2.65 bits per heavy atom. The quantitative estimate of drug-likeness (QED) is 0.453. The lowest BCUT2D eigenvalue weighted by Gasteiger charge is -2.10. The average molecular weight is 338 g/mol. The summed E-state index contributed by atoms with van der Waals surface area (Å²) in [6.07, 6.45) is 0. The molecule has 0 spiro atoms. The number of nitrogens with zero attached hydrogens (tertiary/aromatic N) is 3. The molecule has 10 nitrogen and oxygen atoms in total. The predicted octanol–water partition coefficient (Wildman–Crippen LogP) is -1.52. The number of rotatable bonds is 4. The van der Waals surface area contributed by atoms with Gasteiger partial charge in [0.2, 0.25) is 5.91 Å². The first-order valence-corrected chi connectivity index (χ1v) is 7.33. The zero-order valence-electron chi connectivity index (χ0n) is 12.3. The summed E-state index contributed by atoms with van der Waals surface area (Å²) in [4.78, 5) is 52.8. The van der Waals surface area contributed by atoms with Gasteiger partial charge < -0.3 is 16.0 Å². The molecule has 1 amide bonds. The molecule has 0 unspecified atom stereocenters. The molecule has 0 fully saturated rings. The number of anilines is 2. The topological polar surface area (TPSA) is 145 Å². The third kappa shape index (κ3) is 3.88. The molecule has 2 aromatic heterocycles. The number of carbonyl (C=O) groups is 1. The van der Waals surface area contributed by atoms with Crippen molar-refractivity contribution in [2.45, 2.75) is 5.16 Å². The van der Waals surface area contributed by atoms with E-state index in [0.29, 0.717) is 0 Å². The minimum absolute atomic E-state index is 0.0469. The lowest BCUT2D eigenvalue weighted by Crippen LogP contribution is -2.38. The van der Waals surface area contributed by atoms with E-state index < -0.39 is 22.7 Å². The van der Waals surface area contributed by atoms with Gasteiger partial charge in [-0.1, -0.05) is 11.8 Å². The Balaban J connectivity index is 2.10. The number of aromatic nitrogens is 4. The van der Waals surface area contributed by atoms with Gasteiger partial charge in [0.25, 0.3) is 11.1 Å². The highest BCUT2D eigenvalue weighted by atomic mass is 32.2. The second kappa shape index (κ2) is 6.52. The van der Waals surface area contributed by atoms with Gasteiger partial charge in [-0.05, 0) is 0 Å². The number of nitrogens with one attached hydrogen (secondary N) is 2. The third-order valence-electron chi connectivity index (χ3n) is 2.87. The Kier molecular flexibility index (Phi) is 4.69. The molecule has 2 rings (SSSR count). The summed E-state index contributed by atoms with van der Waals surface area (Å²) in [5.74, 6) is -0.429. The second-order valence-corrected chi connectivity index (χ2v) is 5.54. The van der Waals surface area contributed by atoms with Crippen LogP contribution in [0.2, 0.25) is 0 Å². The molecule has 11 heteroatoms. The molecule has 0 aromatic carbocycles. The molecule has 0 atom stereocenters. The fourth-order valence-electron chi connectivity index (χ4n) is 1.69. The number of thioether (sulfide) groups is 1. The number of nitrogens with two attached hydrogens (primary N) is 1. The Bertz CT molecular complexity index is 928. The maximum atomic E-state index is 11.9. The molecule has 4 N–H and O–H groups in total. The molecule has 122 valence electrons. The number of H-pyrrole nitrogens is 1. The van der Waals surface area contributed by atoms with E-state index in [9.17, 15) is 19.2 Å². The van der Waals surface area contributed by atoms with Crippen LogP contribution in [0.1, 0.15) is 0 Å². The van der Waals surface area contributed by atoms with E-state index in [0.717, 1.165) is 33.0 Å². The van der Waals surface area contributed by atoms with Gasteiger partial charge >= 0.3 is 5.69 Å². The van der Waals surface area contributed by atoms with Crippen LogP contribution in [0.5, 0.6) is 0 Å². The van der Waals surface area contributed by atoms with Crippen LogP contribution in [0.25, 0.3) is 0 Å². The summed E-state index contributed by atoms with van der Waals surface area (Å²) in [6, 6.07) is 2.27. The average Bonchev–Trinajstić information content (AvgIpc) is 2.47. The molecule has 0 saturated heterocycles. The molecule has 2 heterocycles. The first-order valence-electron chi connectivity index (χ1n) is 6.34. The molecule has 0 aliphatic heterocycles. The maximum absolute atomic E-state index is 11.9.